The van der Waals surface area contributed by atoms with Crippen LogP contribution < -0.4 is 10.7 Å². The molecule has 7 heteroatoms. The van der Waals surface area contributed by atoms with E-state index in [2.05, 4.69) is 28.0 Å². The third kappa shape index (κ3) is 2.99. The van der Waals surface area contributed by atoms with Crippen molar-refractivity contribution in [3.8, 4) is 0 Å². The van der Waals surface area contributed by atoms with Gasteiger partial charge in [-0.25, -0.2) is 0 Å². The number of thiocarbonyl (C=S) groups is 1. The normalized spacial score (nSPS) is 24.8. The number of hydrazone groups is 1. The van der Waals surface area contributed by atoms with Crippen molar-refractivity contribution in [2.75, 3.05) is 5.32 Å². The predicted molar refractivity (Wildman–Crippen MR) is 83.6 cm³/mol. The molecule has 22 heavy (non-hydrogen) atoms. The largest absolute Gasteiger partial charge is 0.418 e. The minimum Gasteiger partial charge on any atom is -0.331 e. The summed E-state index contributed by atoms with van der Waals surface area (Å²) in [5.41, 5.74) is 2.82. The summed E-state index contributed by atoms with van der Waals surface area (Å²) < 4.78 is 38.7. The van der Waals surface area contributed by atoms with Crippen molar-refractivity contribution in [3.05, 3.63) is 42.0 Å². The van der Waals surface area contributed by atoms with Crippen LogP contribution in [0.15, 0.2) is 41.5 Å². The second kappa shape index (κ2) is 5.72. The molecule has 0 aromatic heterocycles. The van der Waals surface area contributed by atoms with Crippen LogP contribution in [0.25, 0.3) is 0 Å². The Morgan fingerprint density at radius 3 is 2.77 bits per heavy atom. The Morgan fingerprint density at radius 1 is 1.27 bits per heavy atom. The number of nitrogens with one attached hydrogen (secondary N) is 2. The average Bonchev–Trinajstić information content (AvgIpc) is 2.80. The molecular weight excluding hydrogens is 311 g/mol. The first kappa shape index (κ1) is 15.0. The summed E-state index contributed by atoms with van der Waals surface area (Å²) in [4.78, 5) is 0. The molecular formula is C15H14F3N3S. The van der Waals surface area contributed by atoms with Crippen molar-refractivity contribution < 1.29 is 13.2 Å². The monoisotopic (exact) mass is 325 g/mol. The minimum absolute atomic E-state index is 0.0543. The van der Waals surface area contributed by atoms with Gasteiger partial charge < -0.3 is 5.32 Å². The predicted octanol–water partition coefficient (Wildman–Crippen LogP) is 3.94. The van der Waals surface area contributed by atoms with E-state index in [-0.39, 0.29) is 10.8 Å². The summed E-state index contributed by atoms with van der Waals surface area (Å²) >= 11 is 5.02. The van der Waals surface area contributed by atoms with Crippen LogP contribution in [0, 0.1) is 11.8 Å². The molecule has 0 radical (unpaired) electrons. The van der Waals surface area contributed by atoms with Crippen LogP contribution in [0.5, 0.6) is 0 Å². The van der Waals surface area contributed by atoms with Gasteiger partial charge in [0.15, 0.2) is 5.11 Å². The van der Waals surface area contributed by atoms with Gasteiger partial charge in [0, 0.05) is 11.6 Å². The molecule has 1 aromatic rings. The zero-order valence-electron chi connectivity index (χ0n) is 11.5. The molecule has 0 spiro atoms. The molecule has 0 aliphatic heterocycles. The quantitative estimate of drug-likeness (QED) is 0.491. The van der Waals surface area contributed by atoms with Crippen molar-refractivity contribution in [1.29, 1.82) is 0 Å². The number of hydrogen-bond donors (Lipinski definition) is 2. The molecule has 0 heterocycles. The number of benzene rings is 1. The molecule has 2 aliphatic rings. The highest BCUT2D eigenvalue weighted by Gasteiger charge is 2.38. The highest BCUT2D eigenvalue weighted by molar-refractivity contribution is 7.80. The van der Waals surface area contributed by atoms with E-state index in [1.165, 1.54) is 18.2 Å². The number of rotatable bonds is 2. The molecule has 2 N–H and O–H groups in total. The zero-order chi connectivity index (χ0) is 15.7. The number of alkyl halides is 3. The fourth-order valence-corrected chi connectivity index (χ4v) is 2.93. The average molecular weight is 325 g/mol. The van der Waals surface area contributed by atoms with Gasteiger partial charge in [0.1, 0.15) is 0 Å². The Balaban J connectivity index is 1.62. The molecule has 116 valence electrons. The summed E-state index contributed by atoms with van der Waals surface area (Å²) in [6.07, 6.45) is 1.74. The summed E-state index contributed by atoms with van der Waals surface area (Å²) in [7, 11) is 0. The van der Waals surface area contributed by atoms with E-state index in [0.29, 0.717) is 11.8 Å². The van der Waals surface area contributed by atoms with E-state index < -0.39 is 11.7 Å². The van der Waals surface area contributed by atoms with Crippen molar-refractivity contribution in [2.24, 2.45) is 16.9 Å². The molecule has 3 rings (SSSR count). The van der Waals surface area contributed by atoms with Crippen LogP contribution in [0.2, 0.25) is 0 Å². The second-order valence-corrected chi connectivity index (χ2v) is 5.76. The summed E-state index contributed by atoms with van der Waals surface area (Å²) in [6.45, 7) is 0. The van der Waals surface area contributed by atoms with Gasteiger partial charge in [-0.1, -0.05) is 24.3 Å². The lowest BCUT2D eigenvalue weighted by molar-refractivity contribution is -0.136. The van der Waals surface area contributed by atoms with Gasteiger partial charge in [0.05, 0.1) is 11.3 Å². The first-order chi connectivity index (χ1) is 10.4. The van der Waals surface area contributed by atoms with E-state index >= 15 is 0 Å². The van der Waals surface area contributed by atoms with Crippen molar-refractivity contribution in [3.63, 3.8) is 0 Å². The maximum atomic E-state index is 12.9. The molecule has 0 saturated heterocycles. The third-order valence-corrected chi connectivity index (χ3v) is 4.14. The topological polar surface area (TPSA) is 36.4 Å². The van der Waals surface area contributed by atoms with E-state index in [9.17, 15) is 13.2 Å². The maximum Gasteiger partial charge on any atom is 0.418 e. The molecule has 2 atom stereocenters. The van der Waals surface area contributed by atoms with Crippen LogP contribution in [0.4, 0.5) is 18.9 Å². The lowest BCUT2D eigenvalue weighted by Gasteiger charge is -2.31. The lowest BCUT2D eigenvalue weighted by atomic mass is 9.74. The van der Waals surface area contributed by atoms with Gasteiger partial charge in [0.2, 0.25) is 0 Å². The van der Waals surface area contributed by atoms with Crippen LogP contribution in [-0.4, -0.2) is 10.8 Å². The number of nitrogens with zero attached hydrogens (tertiary/aromatic N) is 1. The first-order valence-corrected chi connectivity index (χ1v) is 7.32. The second-order valence-electron chi connectivity index (χ2n) is 5.35. The van der Waals surface area contributed by atoms with Crippen LogP contribution in [0.3, 0.4) is 0 Å². The van der Waals surface area contributed by atoms with E-state index in [1.807, 2.05) is 0 Å². The molecule has 0 unspecified atom stereocenters. The fourth-order valence-electron chi connectivity index (χ4n) is 2.78. The molecule has 0 amide bonds. The fraction of sp³-hybridized carbons (Fsp3) is 0.333. The Hall–Kier alpha value is -1.89. The Kier molecular flexibility index (Phi) is 3.90. The molecule has 0 bridgehead atoms. The minimum atomic E-state index is -4.43. The van der Waals surface area contributed by atoms with Gasteiger partial charge >= 0.3 is 6.18 Å². The lowest BCUT2D eigenvalue weighted by Crippen LogP contribution is -2.36. The van der Waals surface area contributed by atoms with Gasteiger partial charge in [0.25, 0.3) is 0 Å². The highest BCUT2D eigenvalue weighted by atomic mass is 32.1. The zero-order valence-corrected chi connectivity index (χ0v) is 12.3. The smallest absolute Gasteiger partial charge is 0.331 e. The maximum absolute atomic E-state index is 12.9. The van der Waals surface area contributed by atoms with Crippen molar-refractivity contribution in [1.82, 2.24) is 5.43 Å². The number of hydrogen-bond acceptors (Lipinski definition) is 2. The summed E-state index contributed by atoms with van der Waals surface area (Å²) in [6, 6.07) is 5.21. The van der Waals surface area contributed by atoms with Gasteiger partial charge in [-0.2, -0.15) is 18.3 Å². The number of halogens is 3. The van der Waals surface area contributed by atoms with Crippen LogP contribution in [-0.2, 0) is 6.18 Å². The Bertz CT molecular complexity index is 652. The van der Waals surface area contributed by atoms with E-state index in [0.717, 1.165) is 24.6 Å². The number of allylic oxidation sites excluding steroid dienone is 2. The number of para-hydroxylation sites is 1. The molecule has 1 saturated carbocycles. The summed E-state index contributed by atoms with van der Waals surface area (Å²) in [5, 5.41) is 6.81. The van der Waals surface area contributed by atoms with Crippen molar-refractivity contribution >= 4 is 28.7 Å². The standard InChI is InChI=1S/C15H14F3N3S/c16-15(17,18)11-6-1-2-7-12(11)19-14(22)21-20-13-8-9-4-3-5-10(9)13/h1-4,6-7,9-10H,5,8H2,(H2,19,21,22)/b20-13-/t9-,10-/m1/s1. The Labute approximate surface area is 131 Å². The molecule has 2 aliphatic carbocycles. The van der Waals surface area contributed by atoms with Crippen LogP contribution in [0.1, 0.15) is 18.4 Å². The van der Waals surface area contributed by atoms with Gasteiger partial charge in [-0.05, 0) is 43.1 Å². The number of fused-ring (bicyclic) bond motifs is 1. The SMILES string of the molecule is FC(F)(F)c1ccccc1NC(=S)N/N=C1/C[C@H]2C=CC[C@@H]12. The highest BCUT2D eigenvalue weighted by Crippen LogP contribution is 2.40. The van der Waals surface area contributed by atoms with E-state index in [4.69, 9.17) is 12.2 Å². The van der Waals surface area contributed by atoms with Crippen LogP contribution >= 0.6 is 12.2 Å². The molecule has 1 aromatic carbocycles. The van der Waals surface area contributed by atoms with Gasteiger partial charge in [-0.3, -0.25) is 5.43 Å². The molecule has 3 nitrogen and oxygen atoms in total. The third-order valence-electron chi connectivity index (χ3n) is 3.94. The Morgan fingerprint density at radius 2 is 2.05 bits per heavy atom. The number of anilines is 1. The molecule has 1 fully saturated rings. The first-order valence-electron chi connectivity index (χ1n) is 6.91. The summed E-state index contributed by atoms with van der Waals surface area (Å²) in [5.74, 6) is 0.991. The van der Waals surface area contributed by atoms with Gasteiger partial charge in [-0.15, -0.1) is 0 Å². The van der Waals surface area contributed by atoms with E-state index in [1.54, 1.807) is 0 Å². The van der Waals surface area contributed by atoms with Crippen molar-refractivity contribution in [2.45, 2.75) is 19.0 Å².